The van der Waals surface area contributed by atoms with Crippen LogP contribution >= 0.6 is 0 Å². The summed E-state index contributed by atoms with van der Waals surface area (Å²) < 4.78 is 0. The highest BCUT2D eigenvalue weighted by Gasteiger charge is 2.40. The second-order valence-electron chi connectivity index (χ2n) is 11.7. The lowest BCUT2D eigenvalue weighted by Gasteiger charge is -2.39. The molecule has 1 aromatic carbocycles. The third-order valence-corrected chi connectivity index (χ3v) is 8.46. The maximum atomic E-state index is 13.9. The van der Waals surface area contributed by atoms with Gasteiger partial charge in [0.15, 0.2) is 0 Å². The molecular formula is C31H48N4O6. The van der Waals surface area contributed by atoms with Gasteiger partial charge in [-0.1, -0.05) is 69.9 Å². The molecule has 3 rings (SSSR count). The SMILES string of the molecule is CC[C@H](C)[C@H]1NC(=O)[C@@H](Cc2ccccc2)NC(=O)[C@@H](CCCCC[C@H](O)[C@@H](C)O)NC(=O)[C@@H]2CCCCN2C1=O. The maximum absolute atomic E-state index is 13.9. The van der Waals surface area contributed by atoms with E-state index in [4.69, 9.17) is 0 Å². The Balaban J connectivity index is 1.86. The minimum Gasteiger partial charge on any atom is -0.391 e. The standard InChI is InChI=1S/C31H48N4O6/c1-4-20(2)27-31(41)35-18-12-11-16-25(35)30(40)32-23(15-9-6-10-17-26(37)21(3)36)28(38)33-24(29(39)34-27)19-22-13-7-5-8-14-22/h5,7-8,13-14,20-21,23-27,36-37H,4,6,9-12,15-19H2,1-3H3,(H,32,40)(H,33,38)(H,34,39)/t20-,21+,23+,24+,25-,26-,27+/m0/s1. The van der Waals surface area contributed by atoms with Crippen LogP contribution in [0.2, 0.25) is 0 Å². The van der Waals surface area contributed by atoms with Gasteiger partial charge >= 0.3 is 0 Å². The van der Waals surface area contributed by atoms with Gasteiger partial charge in [-0.05, 0) is 50.5 Å². The van der Waals surface area contributed by atoms with Gasteiger partial charge in [0.05, 0.1) is 12.2 Å². The third kappa shape index (κ3) is 9.26. The first-order valence-corrected chi connectivity index (χ1v) is 15.2. The number of piperidine rings is 1. The van der Waals surface area contributed by atoms with Gasteiger partial charge in [-0.25, -0.2) is 0 Å². The molecule has 1 aromatic rings. The van der Waals surface area contributed by atoms with Crippen LogP contribution < -0.4 is 16.0 Å². The van der Waals surface area contributed by atoms with Gasteiger partial charge in [0.1, 0.15) is 24.2 Å². The molecule has 0 spiro atoms. The molecule has 5 N–H and O–H groups in total. The molecule has 10 nitrogen and oxygen atoms in total. The number of nitrogens with zero attached hydrogens (tertiary/aromatic N) is 1. The van der Waals surface area contributed by atoms with E-state index in [2.05, 4.69) is 16.0 Å². The van der Waals surface area contributed by atoms with Gasteiger partial charge in [0, 0.05) is 13.0 Å². The highest BCUT2D eigenvalue weighted by Crippen LogP contribution is 2.22. The number of benzene rings is 1. The molecule has 10 heteroatoms. The van der Waals surface area contributed by atoms with Crippen LogP contribution in [0.25, 0.3) is 0 Å². The number of carbonyl (C=O) groups is 4. The normalized spacial score (nSPS) is 26.4. The molecule has 0 aliphatic carbocycles. The van der Waals surface area contributed by atoms with Crippen LogP contribution in [0.5, 0.6) is 0 Å². The van der Waals surface area contributed by atoms with Crippen molar-refractivity contribution in [3.8, 4) is 0 Å². The summed E-state index contributed by atoms with van der Waals surface area (Å²) in [6.07, 6.45) is 4.11. The number of hydrogen-bond acceptors (Lipinski definition) is 6. The molecule has 7 atom stereocenters. The van der Waals surface area contributed by atoms with Crippen LogP contribution in [0.4, 0.5) is 0 Å². The molecule has 0 aromatic heterocycles. The first kappa shape index (κ1) is 32.5. The molecule has 0 saturated carbocycles. The summed E-state index contributed by atoms with van der Waals surface area (Å²) in [4.78, 5) is 56.3. The number of amides is 4. The van der Waals surface area contributed by atoms with Crippen molar-refractivity contribution in [2.45, 2.75) is 121 Å². The Kier molecular flexibility index (Phi) is 12.6. The lowest BCUT2D eigenvalue weighted by Crippen LogP contribution is -2.64. The number of aliphatic hydroxyl groups is 2. The number of hydrogen-bond donors (Lipinski definition) is 5. The fourth-order valence-corrected chi connectivity index (χ4v) is 5.57. The maximum Gasteiger partial charge on any atom is 0.246 e. The van der Waals surface area contributed by atoms with E-state index in [1.54, 1.807) is 11.8 Å². The summed E-state index contributed by atoms with van der Waals surface area (Å²) >= 11 is 0. The lowest BCUT2D eigenvalue weighted by atomic mass is 9.93. The van der Waals surface area contributed by atoms with Gasteiger partial charge in [0.25, 0.3) is 0 Å². The highest BCUT2D eigenvalue weighted by atomic mass is 16.3. The number of unbranched alkanes of at least 4 members (excludes halogenated alkanes) is 2. The fraction of sp³-hybridized carbons (Fsp3) is 0.677. The molecule has 0 unspecified atom stereocenters. The molecule has 4 amide bonds. The zero-order valence-corrected chi connectivity index (χ0v) is 24.7. The van der Waals surface area contributed by atoms with Crippen molar-refractivity contribution in [2.24, 2.45) is 5.92 Å². The van der Waals surface area contributed by atoms with Crippen LogP contribution in [0, 0.1) is 5.92 Å². The van der Waals surface area contributed by atoms with E-state index in [0.717, 1.165) is 18.4 Å². The van der Waals surface area contributed by atoms with Gasteiger partial charge < -0.3 is 31.1 Å². The average molecular weight is 573 g/mol. The first-order chi connectivity index (χ1) is 19.6. The molecule has 0 bridgehead atoms. The second kappa shape index (κ2) is 15.9. The molecule has 2 fully saturated rings. The largest absolute Gasteiger partial charge is 0.391 e. The van der Waals surface area contributed by atoms with Crippen molar-refractivity contribution in [2.75, 3.05) is 6.54 Å². The highest BCUT2D eigenvalue weighted by molar-refractivity contribution is 5.97. The van der Waals surface area contributed by atoms with E-state index in [9.17, 15) is 29.4 Å². The van der Waals surface area contributed by atoms with E-state index in [1.165, 1.54) is 0 Å². The van der Waals surface area contributed by atoms with E-state index < -0.39 is 48.2 Å². The summed E-state index contributed by atoms with van der Waals surface area (Å²) in [5.41, 5.74) is 0.861. The number of rotatable bonds is 11. The summed E-state index contributed by atoms with van der Waals surface area (Å²) in [7, 11) is 0. The molecule has 2 heterocycles. The fourth-order valence-electron chi connectivity index (χ4n) is 5.57. The molecule has 228 valence electrons. The molecule has 2 aliphatic heterocycles. The minimum absolute atomic E-state index is 0.159. The molecular weight excluding hydrogens is 524 g/mol. The monoisotopic (exact) mass is 572 g/mol. The first-order valence-electron chi connectivity index (χ1n) is 15.2. The van der Waals surface area contributed by atoms with Crippen molar-refractivity contribution >= 4 is 23.6 Å². The van der Waals surface area contributed by atoms with E-state index in [1.807, 2.05) is 44.2 Å². The Hall–Kier alpha value is -2.98. The van der Waals surface area contributed by atoms with Gasteiger partial charge in [-0.3, -0.25) is 19.2 Å². The summed E-state index contributed by atoms with van der Waals surface area (Å²) in [6.45, 7) is 5.84. The quantitative estimate of drug-likeness (QED) is 0.256. The Labute approximate surface area is 243 Å². The summed E-state index contributed by atoms with van der Waals surface area (Å²) in [5.74, 6) is -1.63. The zero-order chi connectivity index (χ0) is 29.9. The minimum atomic E-state index is -0.929. The Bertz CT molecular complexity index is 1020. The lowest BCUT2D eigenvalue weighted by molar-refractivity contribution is -0.147. The van der Waals surface area contributed by atoms with Gasteiger partial charge in [0.2, 0.25) is 23.6 Å². The Morgan fingerprint density at radius 2 is 1.56 bits per heavy atom. The molecule has 0 radical (unpaired) electrons. The van der Waals surface area contributed by atoms with E-state index in [0.29, 0.717) is 51.5 Å². The van der Waals surface area contributed by atoms with Crippen LogP contribution in [-0.4, -0.2) is 81.7 Å². The number of carbonyl (C=O) groups excluding carboxylic acids is 4. The van der Waals surface area contributed by atoms with Crippen LogP contribution in [0.1, 0.15) is 84.1 Å². The molecule has 41 heavy (non-hydrogen) atoms. The van der Waals surface area contributed by atoms with Crippen molar-refractivity contribution in [1.82, 2.24) is 20.9 Å². The van der Waals surface area contributed by atoms with Crippen molar-refractivity contribution in [1.29, 1.82) is 0 Å². The van der Waals surface area contributed by atoms with Gasteiger partial charge in [-0.15, -0.1) is 0 Å². The number of fused-ring (bicyclic) bond motifs is 1. The van der Waals surface area contributed by atoms with Crippen LogP contribution in [0.15, 0.2) is 30.3 Å². The zero-order valence-electron chi connectivity index (χ0n) is 24.7. The predicted octanol–water partition coefficient (Wildman–Crippen LogP) is 1.82. The van der Waals surface area contributed by atoms with E-state index >= 15 is 0 Å². The predicted molar refractivity (Wildman–Crippen MR) is 156 cm³/mol. The van der Waals surface area contributed by atoms with Crippen molar-refractivity contribution in [3.05, 3.63) is 35.9 Å². The van der Waals surface area contributed by atoms with E-state index in [-0.39, 0.29) is 24.2 Å². The van der Waals surface area contributed by atoms with Crippen LogP contribution in [0.3, 0.4) is 0 Å². The number of nitrogens with one attached hydrogen (secondary N) is 3. The second-order valence-corrected chi connectivity index (χ2v) is 11.7. The number of aliphatic hydroxyl groups excluding tert-OH is 2. The molecule has 2 saturated heterocycles. The van der Waals surface area contributed by atoms with Crippen molar-refractivity contribution in [3.63, 3.8) is 0 Å². The van der Waals surface area contributed by atoms with Gasteiger partial charge in [-0.2, -0.15) is 0 Å². The Morgan fingerprint density at radius 3 is 2.24 bits per heavy atom. The average Bonchev–Trinajstić information content (AvgIpc) is 2.97. The molecule has 2 aliphatic rings. The smallest absolute Gasteiger partial charge is 0.246 e. The summed E-state index contributed by atoms with van der Waals surface area (Å²) in [6, 6.07) is 6.06. The third-order valence-electron chi connectivity index (χ3n) is 8.46. The van der Waals surface area contributed by atoms with Crippen molar-refractivity contribution < 1.29 is 29.4 Å². The summed E-state index contributed by atoms with van der Waals surface area (Å²) in [5, 5.41) is 28.1. The topological polar surface area (TPSA) is 148 Å². The Morgan fingerprint density at radius 1 is 0.878 bits per heavy atom. The van der Waals surface area contributed by atoms with Crippen LogP contribution in [-0.2, 0) is 25.6 Å².